The maximum absolute atomic E-state index is 12.4. The number of carbonyl (C=O) groups is 1. The molecule has 0 radical (unpaired) electrons. The number of hydrogen-bond acceptors (Lipinski definition) is 5. The van der Waals surface area contributed by atoms with Crippen molar-refractivity contribution in [1.29, 1.82) is 0 Å². The number of aryl methyl sites for hydroxylation is 1. The largest absolute Gasteiger partial charge is 0.497 e. The summed E-state index contributed by atoms with van der Waals surface area (Å²) < 4.78 is 12.6. The molecule has 0 atom stereocenters. The molecule has 0 bridgehead atoms. The van der Waals surface area contributed by atoms with E-state index in [0.29, 0.717) is 28.8 Å². The third-order valence-electron chi connectivity index (χ3n) is 4.04. The van der Waals surface area contributed by atoms with E-state index in [1.165, 1.54) is 0 Å². The first kappa shape index (κ1) is 20.0. The van der Waals surface area contributed by atoms with Gasteiger partial charge in [-0.25, -0.2) is 0 Å². The lowest BCUT2D eigenvalue weighted by atomic mass is 10.2. The first-order chi connectivity index (χ1) is 13.5. The molecule has 0 aliphatic carbocycles. The summed E-state index contributed by atoms with van der Waals surface area (Å²) in [5.74, 6) is 1.54. The monoisotopic (exact) mass is 418 g/mol. The van der Waals surface area contributed by atoms with Crippen molar-refractivity contribution < 1.29 is 14.3 Å². The molecule has 1 aromatic heterocycles. The van der Waals surface area contributed by atoms with Gasteiger partial charge in [0, 0.05) is 29.1 Å². The van der Waals surface area contributed by atoms with Gasteiger partial charge in [0.2, 0.25) is 5.91 Å². The first-order valence-corrected chi connectivity index (χ1v) is 9.78. The van der Waals surface area contributed by atoms with E-state index in [0.717, 1.165) is 22.8 Å². The van der Waals surface area contributed by atoms with Gasteiger partial charge in [-0.3, -0.25) is 9.59 Å². The predicted molar refractivity (Wildman–Crippen MR) is 111 cm³/mol. The van der Waals surface area contributed by atoms with E-state index in [2.05, 4.69) is 5.32 Å². The number of ether oxygens (including phenoxy) is 2. The minimum Gasteiger partial charge on any atom is -0.497 e. The van der Waals surface area contributed by atoms with Crippen LogP contribution in [0.1, 0.15) is 12.1 Å². The molecule has 0 saturated carbocycles. The highest BCUT2D eigenvalue weighted by molar-refractivity contribution is 7.07. The lowest BCUT2D eigenvalue weighted by molar-refractivity contribution is -0.116. The van der Waals surface area contributed by atoms with Crippen molar-refractivity contribution in [1.82, 2.24) is 4.57 Å². The summed E-state index contributed by atoms with van der Waals surface area (Å²) in [4.78, 5) is 24.1. The zero-order chi connectivity index (χ0) is 20.1. The molecule has 3 aromatic rings. The van der Waals surface area contributed by atoms with Crippen molar-refractivity contribution in [2.24, 2.45) is 0 Å². The van der Waals surface area contributed by atoms with E-state index < -0.39 is 0 Å². The first-order valence-electron chi connectivity index (χ1n) is 8.52. The van der Waals surface area contributed by atoms with Crippen LogP contribution in [0, 0.1) is 6.92 Å². The van der Waals surface area contributed by atoms with Gasteiger partial charge in [0.05, 0.1) is 12.8 Å². The number of hydrogen-bond donors (Lipinski definition) is 1. The number of methoxy groups -OCH3 is 1. The topological polar surface area (TPSA) is 69.6 Å². The Hall–Kier alpha value is -2.77. The Morgan fingerprint density at radius 1 is 1.18 bits per heavy atom. The van der Waals surface area contributed by atoms with Crippen LogP contribution < -0.4 is 19.7 Å². The maximum Gasteiger partial charge on any atom is 0.307 e. The van der Waals surface area contributed by atoms with E-state index >= 15 is 0 Å². The van der Waals surface area contributed by atoms with Crippen LogP contribution in [0.2, 0.25) is 5.02 Å². The quantitative estimate of drug-likeness (QED) is 0.603. The van der Waals surface area contributed by atoms with Gasteiger partial charge >= 0.3 is 4.87 Å². The minimum absolute atomic E-state index is 0.0726. The highest BCUT2D eigenvalue weighted by atomic mass is 35.5. The molecule has 0 aliphatic rings. The molecule has 1 N–H and O–H groups in total. The van der Waals surface area contributed by atoms with Crippen molar-refractivity contribution in [3.05, 3.63) is 68.2 Å². The van der Waals surface area contributed by atoms with Crippen molar-refractivity contribution in [3.8, 4) is 17.2 Å². The smallest absolute Gasteiger partial charge is 0.307 e. The fourth-order valence-corrected chi connectivity index (χ4v) is 3.49. The molecule has 0 fully saturated rings. The Kier molecular flexibility index (Phi) is 6.38. The fraction of sp³-hybridized carbons (Fsp3) is 0.200. The van der Waals surface area contributed by atoms with Crippen LogP contribution in [0.3, 0.4) is 0 Å². The third-order valence-corrected chi connectivity index (χ3v) is 5.16. The van der Waals surface area contributed by atoms with Gasteiger partial charge in [-0.1, -0.05) is 22.9 Å². The van der Waals surface area contributed by atoms with E-state index in [-0.39, 0.29) is 17.2 Å². The van der Waals surface area contributed by atoms with Crippen molar-refractivity contribution in [2.45, 2.75) is 19.9 Å². The van der Waals surface area contributed by atoms with Gasteiger partial charge in [0.1, 0.15) is 11.5 Å². The van der Waals surface area contributed by atoms with Crippen molar-refractivity contribution in [2.75, 3.05) is 12.4 Å². The standard InChI is InChI=1S/C20H19ClN2O4S/c1-13-12-28-20(25)23(13)10-9-19(24)22-17-11-14(21)3-8-18(17)27-16-6-4-15(26-2)5-7-16/h3-8,11-12H,9-10H2,1-2H3,(H,22,24). The summed E-state index contributed by atoms with van der Waals surface area (Å²) >= 11 is 7.20. The number of nitrogens with zero attached hydrogens (tertiary/aromatic N) is 1. The molecule has 28 heavy (non-hydrogen) atoms. The molecule has 0 spiro atoms. The van der Waals surface area contributed by atoms with Crippen molar-refractivity contribution in [3.63, 3.8) is 0 Å². The van der Waals surface area contributed by atoms with E-state index in [4.69, 9.17) is 21.1 Å². The lowest BCUT2D eigenvalue weighted by Crippen LogP contribution is -2.20. The van der Waals surface area contributed by atoms with Crippen LogP contribution in [0.4, 0.5) is 5.69 Å². The molecule has 3 rings (SSSR count). The van der Waals surface area contributed by atoms with Gasteiger partial charge in [-0.05, 0) is 49.4 Å². The second-order valence-electron chi connectivity index (χ2n) is 6.01. The van der Waals surface area contributed by atoms with Gasteiger partial charge in [-0.2, -0.15) is 0 Å². The lowest BCUT2D eigenvalue weighted by Gasteiger charge is -2.13. The number of amides is 1. The third kappa shape index (κ3) is 4.94. The summed E-state index contributed by atoms with van der Waals surface area (Å²) in [6, 6.07) is 12.1. The highest BCUT2D eigenvalue weighted by Crippen LogP contribution is 2.32. The molecule has 6 nitrogen and oxygen atoms in total. The number of halogens is 1. The van der Waals surface area contributed by atoms with Crippen molar-refractivity contribution >= 4 is 34.5 Å². The minimum atomic E-state index is -0.237. The molecule has 1 heterocycles. The average molecular weight is 419 g/mol. The summed E-state index contributed by atoms with van der Waals surface area (Å²) in [5.41, 5.74) is 1.30. The Labute approximate surface area is 171 Å². The molecule has 146 valence electrons. The Bertz CT molecular complexity index is 1030. The van der Waals surface area contributed by atoms with Gasteiger partial charge in [0.15, 0.2) is 5.75 Å². The van der Waals surface area contributed by atoms with Gasteiger partial charge in [-0.15, -0.1) is 0 Å². The van der Waals surface area contributed by atoms with Crippen LogP contribution in [0.5, 0.6) is 17.2 Å². The molecule has 8 heteroatoms. The SMILES string of the molecule is COc1ccc(Oc2ccc(Cl)cc2NC(=O)CCn2c(C)csc2=O)cc1. The molecular weight excluding hydrogens is 400 g/mol. The van der Waals surface area contributed by atoms with E-state index in [1.807, 2.05) is 6.92 Å². The number of carbonyl (C=O) groups excluding carboxylic acids is 1. The number of benzene rings is 2. The highest BCUT2D eigenvalue weighted by Gasteiger charge is 2.12. The van der Waals surface area contributed by atoms with Crippen LogP contribution in [-0.4, -0.2) is 17.6 Å². The molecule has 2 aromatic carbocycles. The van der Waals surface area contributed by atoms with Gasteiger partial charge < -0.3 is 19.4 Å². The molecule has 0 saturated heterocycles. The molecular formula is C20H19ClN2O4S. The second-order valence-corrected chi connectivity index (χ2v) is 7.27. The predicted octanol–water partition coefficient (Wildman–Crippen LogP) is 4.70. The van der Waals surface area contributed by atoms with Crippen LogP contribution in [0.15, 0.2) is 52.6 Å². The fourth-order valence-electron chi connectivity index (χ4n) is 2.56. The molecule has 0 aliphatic heterocycles. The summed E-state index contributed by atoms with van der Waals surface area (Å²) in [6.07, 6.45) is 0.159. The van der Waals surface area contributed by atoms with Crippen LogP contribution in [-0.2, 0) is 11.3 Å². The molecule has 1 amide bonds. The van der Waals surface area contributed by atoms with E-state index in [9.17, 15) is 9.59 Å². The number of aromatic nitrogens is 1. The Balaban J connectivity index is 1.71. The van der Waals surface area contributed by atoms with Crippen LogP contribution in [0.25, 0.3) is 0 Å². The average Bonchev–Trinajstić information content (AvgIpc) is 3.00. The zero-order valence-corrected chi connectivity index (χ0v) is 17.0. The van der Waals surface area contributed by atoms with Crippen LogP contribution >= 0.6 is 22.9 Å². The van der Waals surface area contributed by atoms with Gasteiger partial charge in [0.25, 0.3) is 0 Å². The van der Waals surface area contributed by atoms with E-state index in [1.54, 1.807) is 59.5 Å². The Morgan fingerprint density at radius 3 is 2.54 bits per heavy atom. The Morgan fingerprint density at radius 2 is 1.89 bits per heavy atom. The number of anilines is 1. The number of thiazole rings is 1. The second kappa shape index (κ2) is 8.95. The summed E-state index contributed by atoms with van der Waals surface area (Å²) in [5, 5.41) is 5.06. The summed E-state index contributed by atoms with van der Waals surface area (Å²) in [6.45, 7) is 2.16. The normalized spacial score (nSPS) is 10.5. The maximum atomic E-state index is 12.4. The number of nitrogens with one attached hydrogen (secondary N) is 1. The molecule has 0 unspecified atom stereocenters. The summed E-state index contributed by atoms with van der Waals surface area (Å²) in [7, 11) is 1.59. The zero-order valence-electron chi connectivity index (χ0n) is 15.4. The number of rotatable bonds is 7.